The largest absolute Gasteiger partial charge is 0.497 e. The predicted molar refractivity (Wildman–Crippen MR) is 133 cm³/mol. The van der Waals surface area contributed by atoms with Crippen molar-refractivity contribution in [3.8, 4) is 5.75 Å². The van der Waals surface area contributed by atoms with Crippen LogP contribution in [0.25, 0.3) is 0 Å². The van der Waals surface area contributed by atoms with Gasteiger partial charge in [0, 0.05) is 17.4 Å². The predicted octanol–water partition coefficient (Wildman–Crippen LogP) is 6.64. The van der Waals surface area contributed by atoms with Gasteiger partial charge in [-0.05, 0) is 48.7 Å². The van der Waals surface area contributed by atoms with E-state index in [2.05, 4.69) is 19.2 Å². The molecular formula is C25H31Cl2N3O2. The van der Waals surface area contributed by atoms with Gasteiger partial charge >= 0.3 is 0 Å². The number of carbonyl (C=O) groups excluding carboxylic acids is 1. The van der Waals surface area contributed by atoms with E-state index < -0.39 is 0 Å². The third-order valence-electron chi connectivity index (χ3n) is 5.74. The number of methoxy groups -OCH3 is 1. The number of hydrogen-bond acceptors (Lipinski definition) is 4. The van der Waals surface area contributed by atoms with Gasteiger partial charge in [-0.3, -0.25) is 9.80 Å². The van der Waals surface area contributed by atoms with Crippen LogP contribution in [-0.2, 0) is 4.79 Å². The highest BCUT2D eigenvalue weighted by atomic mass is 35.5. The summed E-state index contributed by atoms with van der Waals surface area (Å²) in [6.07, 6.45) is 4.51. The fraction of sp³-hybridized carbons (Fsp3) is 0.440. The molecule has 5 nitrogen and oxygen atoms in total. The van der Waals surface area contributed by atoms with E-state index in [1.165, 1.54) is 0 Å². The smallest absolute Gasteiger partial charge is 0.223 e. The van der Waals surface area contributed by atoms with E-state index in [0.29, 0.717) is 23.0 Å². The summed E-state index contributed by atoms with van der Waals surface area (Å²) >= 11 is 12.6. The molecule has 2 aromatic rings. The van der Waals surface area contributed by atoms with Crippen LogP contribution < -0.4 is 15.1 Å². The van der Waals surface area contributed by atoms with Crippen LogP contribution in [0.2, 0.25) is 10.0 Å². The lowest BCUT2D eigenvalue weighted by molar-refractivity contribution is -0.125. The second-order valence-electron chi connectivity index (χ2n) is 8.09. The van der Waals surface area contributed by atoms with Crippen molar-refractivity contribution >= 4 is 40.5 Å². The Morgan fingerprint density at radius 2 is 1.84 bits per heavy atom. The van der Waals surface area contributed by atoms with Gasteiger partial charge in [-0.1, -0.05) is 62.0 Å². The molecule has 32 heavy (non-hydrogen) atoms. The lowest BCUT2D eigenvalue weighted by Crippen LogP contribution is -2.34. The molecule has 0 radical (unpaired) electrons. The Morgan fingerprint density at radius 3 is 2.44 bits per heavy atom. The average molecular weight is 476 g/mol. The van der Waals surface area contributed by atoms with Crippen LogP contribution in [0.15, 0.2) is 47.6 Å². The summed E-state index contributed by atoms with van der Waals surface area (Å²) in [4.78, 5) is 12.7. The lowest BCUT2D eigenvalue weighted by atomic mass is 9.97. The first kappa shape index (κ1) is 24.4. The Balaban J connectivity index is 1.81. The van der Waals surface area contributed by atoms with Gasteiger partial charge in [0.25, 0.3) is 0 Å². The molecule has 1 aliphatic rings. The number of carbonyl (C=O) groups is 1. The second-order valence-corrected chi connectivity index (χ2v) is 8.94. The number of rotatable bonds is 10. The Kier molecular flexibility index (Phi) is 8.83. The van der Waals surface area contributed by atoms with Crippen molar-refractivity contribution in [2.24, 2.45) is 11.0 Å². The molecule has 1 heterocycles. The first-order valence-electron chi connectivity index (χ1n) is 11.2. The van der Waals surface area contributed by atoms with Crippen molar-refractivity contribution in [2.45, 2.75) is 52.0 Å². The van der Waals surface area contributed by atoms with Crippen molar-refractivity contribution in [3.63, 3.8) is 0 Å². The molecule has 0 aromatic heterocycles. The summed E-state index contributed by atoms with van der Waals surface area (Å²) in [6.45, 7) is 4.66. The molecule has 0 aliphatic carbocycles. The number of anilines is 1. The number of amides is 1. The molecule has 1 amide bonds. The fourth-order valence-electron chi connectivity index (χ4n) is 4.09. The topological polar surface area (TPSA) is 53.9 Å². The molecule has 2 aromatic carbocycles. The molecule has 0 saturated heterocycles. The van der Waals surface area contributed by atoms with Gasteiger partial charge < -0.3 is 10.1 Å². The van der Waals surface area contributed by atoms with Crippen LogP contribution in [-0.4, -0.2) is 25.3 Å². The van der Waals surface area contributed by atoms with Crippen LogP contribution in [0.5, 0.6) is 5.75 Å². The van der Waals surface area contributed by atoms with Gasteiger partial charge in [0.15, 0.2) is 0 Å². The third-order valence-corrected chi connectivity index (χ3v) is 6.28. The van der Waals surface area contributed by atoms with E-state index >= 15 is 0 Å². The van der Waals surface area contributed by atoms with Gasteiger partial charge in [-0.15, -0.1) is 0 Å². The fourth-order valence-corrected chi connectivity index (χ4v) is 4.59. The zero-order valence-corrected chi connectivity index (χ0v) is 20.4. The minimum absolute atomic E-state index is 0.0337. The van der Waals surface area contributed by atoms with Crippen LogP contribution in [0.3, 0.4) is 0 Å². The summed E-state index contributed by atoms with van der Waals surface area (Å²) in [7, 11) is 1.65. The van der Waals surface area contributed by atoms with Gasteiger partial charge in [-0.2, -0.15) is 5.10 Å². The van der Waals surface area contributed by atoms with Crippen molar-refractivity contribution in [1.29, 1.82) is 0 Å². The zero-order valence-electron chi connectivity index (χ0n) is 18.9. The standard InChI is InChI=1S/C25H31Cl2N3O2/c1-4-6-18(7-5-2)25(31)28-16-20-15-24(17-8-11-21(32-3)12-9-17)30(29-20)23-13-10-19(26)14-22(23)27/h8-14,18,24H,4-7,15-16H2,1-3H3,(H,28,31). The molecule has 1 aliphatic heterocycles. The minimum atomic E-state index is -0.0337. The van der Waals surface area contributed by atoms with Crippen LogP contribution in [0.4, 0.5) is 5.69 Å². The third kappa shape index (κ3) is 5.96. The average Bonchev–Trinajstić information content (AvgIpc) is 3.21. The second kappa shape index (κ2) is 11.6. The number of hydrogen-bond donors (Lipinski definition) is 1. The Labute approximate surface area is 200 Å². The van der Waals surface area contributed by atoms with Gasteiger partial charge in [0.1, 0.15) is 5.75 Å². The van der Waals surface area contributed by atoms with Gasteiger partial charge in [0.05, 0.1) is 36.1 Å². The van der Waals surface area contributed by atoms with E-state index in [4.69, 9.17) is 33.0 Å². The molecule has 0 fully saturated rings. The number of ether oxygens (including phenoxy) is 1. The minimum Gasteiger partial charge on any atom is -0.497 e. The van der Waals surface area contributed by atoms with E-state index in [9.17, 15) is 4.79 Å². The number of nitrogens with zero attached hydrogens (tertiary/aromatic N) is 2. The van der Waals surface area contributed by atoms with E-state index in [1.54, 1.807) is 13.2 Å². The highest BCUT2D eigenvalue weighted by molar-refractivity contribution is 6.36. The van der Waals surface area contributed by atoms with Crippen molar-refractivity contribution < 1.29 is 9.53 Å². The number of hydrazone groups is 1. The molecule has 172 valence electrons. The summed E-state index contributed by atoms with van der Waals surface area (Å²) in [5.74, 6) is 0.973. The summed E-state index contributed by atoms with van der Waals surface area (Å²) in [6, 6.07) is 13.3. The van der Waals surface area contributed by atoms with Crippen LogP contribution >= 0.6 is 23.2 Å². The van der Waals surface area contributed by atoms with E-state index in [1.807, 2.05) is 41.4 Å². The molecule has 1 N–H and O–H groups in total. The Bertz CT molecular complexity index is 941. The maximum absolute atomic E-state index is 12.7. The molecule has 0 spiro atoms. The number of benzene rings is 2. The monoisotopic (exact) mass is 475 g/mol. The molecule has 0 saturated carbocycles. The Morgan fingerprint density at radius 1 is 1.16 bits per heavy atom. The first-order chi connectivity index (χ1) is 15.5. The lowest BCUT2D eigenvalue weighted by Gasteiger charge is -2.25. The summed E-state index contributed by atoms with van der Waals surface area (Å²) in [5.41, 5.74) is 2.79. The van der Waals surface area contributed by atoms with Crippen molar-refractivity contribution in [1.82, 2.24) is 5.32 Å². The zero-order chi connectivity index (χ0) is 23.1. The summed E-state index contributed by atoms with van der Waals surface area (Å²) in [5, 5.41) is 11.0. The Hall–Kier alpha value is -2.24. The molecule has 0 bridgehead atoms. The highest BCUT2D eigenvalue weighted by Gasteiger charge is 2.31. The quantitative estimate of drug-likeness (QED) is 0.418. The summed E-state index contributed by atoms with van der Waals surface area (Å²) < 4.78 is 5.30. The SMILES string of the molecule is CCCC(CCC)C(=O)NCC1=NN(c2ccc(Cl)cc2Cl)C(c2ccc(OC)cc2)C1. The normalized spacial score (nSPS) is 15.8. The molecule has 1 atom stereocenters. The number of nitrogens with one attached hydrogen (secondary N) is 1. The van der Waals surface area contributed by atoms with Crippen LogP contribution in [0, 0.1) is 5.92 Å². The van der Waals surface area contributed by atoms with Crippen molar-refractivity contribution in [3.05, 3.63) is 58.1 Å². The highest BCUT2D eigenvalue weighted by Crippen LogP contribution is 2.39. The number of halogens is 2. The van der Waals surface area contributed by atoms with Gasteiger partial charge in [0.2, 0.25) is 5.91 Å². The van der Waals surface area contributed by atoms with Gasteiger partial charge in [-0.25, -0.2) is 0 Å². The molecular weight excluding hydrogens is 445 g/mol. The van der Waals surface area contributed by atoms with E-state index in [0.717, 1.165) is 48.4 Å². The van der Waals surface area contributed by atoms with Crippen molar-refractivity contribution in [2.75, 3.05) is 18.7 Å². The molecule has 7 heteroatoms. The van der Waals surface area contributed by atoms with Crippen LogP contribution in [0.1, 0.15) is 57.6 Å². The molecule has 1 unspecified atom stereocenters. The maximum Gasteiger partial charge on any atom is 0.223 e. The maximum atomic E-state index is 12.7. The van der Waals surface area contributed by atoms with E-state index in [-0.39, 0.29) is 17.9 Å². The first-order valence-corrected chi connectivity index (χ1v) is 11.9. The molecule has 3 rings (SSSR count).